The number of aromatic nitrogens is 2. The number of hydrogen-bond donors (Lipinski definition) is 0. The molecule has 1 atom stereocenters. The predicted octanol–water partition coefficient (Wildman–Crippen LogP) is 4.05. The molecule has 5 heteroatoms. The minimum Gasteiger partial charge on any atom is -0.373 e. The molecule has 0 spiro atoms. The van der Waals surface area contributed by atoms with Gasteiger partial charge in [-0.2, -0.15) is 0 Å². The third kappa shape index (κ3) is 3.30. The molecule has 1 aliphatic carbocycles. The van der Waals surface area contributed by atoms with Crippen LogP contribution in [0.25, 0.3) is 0 Å². The summed E-state index contributed by atoms with van der Waals surface area (Å²) in [6, 6.07) is 1.54. The zero-order valence-electron chi connectivity index (χ0n) is 9.83. The Balaban J connectivity index is 2.21. The van der Waals surface area contributed by atoms with Crippen LogP contribution in [0.2, 0.25) is 10.3 Å². The van der Waals surface area contributed by atoms with E-state index in [0.717, 1.165) is 12.8 Å². The second-order valence-corrected chi connectivity index (χ2v) is 5.20. The second-order valence-electron chi connectivity index (χ2n) is 4.43. The minimum atomic E-state index is -0.0912. The SMILES string of the molecule is COC(c1nc(Cl)cc(Cl)n1)C1CCCCC1. The Morgan fingerprint density at radius 3 is 2.29 bits per heavy atom. The number of halogens is 2. The Morgan fingerprint density at radius 2 is 1.76 bits per heavy atom. The van der Waals surface area contributed by atoms with E-state index in [2.05, 4.69) is 9.97 Å². The van der Waals surface area contributed by atoms with E-state index < -0.39 is 0 Å². The summed E-state index contributed by atoms with van der Waals surface area (Å²) in [4.78, 5) is 8.45. The summed E-state index contributed by atoms with van der Waals surface area (Å²) in [6.45, 7) is 0. The Hall–Kier alpha value is -0.380. The van der Waals surface area contributed by atoms with E-state index >= 15 is 0 Å². The molecular formula is C12H16Cl2N2O. The number of rotatable bonds is 3. The van der Waals surface area contributed by atoms with Crippen LogP contribution in [0.4, 0.5) is 0 Å². The fourth-order valence-electron chi connectivity index (χ4n) is 2.48. The van der Waals surface area contributed by atoms with Gasteiger partial charge in [-0.1, -0.05) is 42.5 Å². The van der Waals surface area contributed by atoms with Crippen molar-refractivity contribution in [3.05, 3.63) is 22.2 Å². The average molecular weight is 275 g/mol. The second kappa shape index (κ2) is 5.98. The van der Waals surface area contributed by atoms with Gasteiger partial charge in [0, 0.05) is 13.2 Å². The van der Waals surface area contributed by atoms with E-state index in [0.29, 0.717) is 22.0 Å². The highest BCUT2D eigenvalue weighted by molar-refractivity contribution is 6.33. The molecule has 0 radical (unpaired) electrons. The standard InChI is InChI=1S/C12H16Cl2N2O/c1-17-11(8-5-3-2-4-6-8)12-15-9(13)7-10(14)16-12/h7-8,11H,2-6H2,1H3. The Labute approximate surface area is 112 Å². The smallest absolute Gasteiger partial charge is 0.160 e. The molecule has 0 aliphatic heterocycles. The van der Waals surface area contributed by atoms with Crippen LogP contribution >= 0.6 is 23.2 Å². The van der Waals surface area contributed by atoms with Gasteiger partial charge in [0.1, 0.15) is 16.4 Å². The van der Waals surface area contributed by atoms with Crippen LogP contribution in [0, 0.1) is 5.92 Å². The summed E-state index contributed by atoms with van der Waals surface area (Å²) in [5, 5.41) is 0.746. The van der Waals surface area contributed by atoms with Gasteiger partial charge in [0.2, 0.25) is 0 Å². The van der Waals surface area contributed by atoms with Crippen molar-refractivity contribution in [3.8, 4) is 0 Å². The molecule has 94 valence electrons. The van der Waals surface area contributed by atoms with E-state index in [1.54, 1.807) is 13.2 Å². The van der Waals surface area contributed by atoms with Crippen molar-refractivity contribution >= 4 is 23.2 Å². The van der Waals surface area contributed by atoms with E-state index in [-0.39, 0.29) is 6.10 Å². The van der Waals surface area contributed by atoms with Crippen LogP contribution in [0.3, 0.4) is 0 Å². The molecule has 1 saturated carbocycles. The number of nitrogens with zero attached hydrogens (tertiary/aromatic N) is 2. The molecule has 0 N–H and O–H groups in total. The molecule has 0 amide bonds. The molecule has 1 aromatic rings. The molecule has 1 unspecified atom stereocenters. The van der Waals surface area contributed by atoms with Gasteiger partial charge in [-0.3, -0.25) is 0 Å². The lowest BCUT2D eigenvalue weighted by Crippen LogP contribution is -2.20. The summed E-state index contributed by atoms with van der Waals surface area (Å²) in [7, 11) is 1.69. The third-order valence-corrected chi connectivity index (χ3v) is 3.65. The monoisotopic (exact) mass is 274 g/mol. The van der Waals surface area contributed by atoms with Gasteiger partial charge in [0.25, 0.3) is 0 Å². The van der Waals surface area contributed by atoms with Crippen molar-refractivity contribution in [1.29, 1.82) is 0 Å². The molecule has 0 saturated heterocycles. The van der Waals surface area contributed by atoms with E-state index in [4.69, 9.17) is 27.9 Å². The summed E-state index contributed by atoms with van der Waals surface area (Å²) in [5.41, 5.74) is 0. The fourth-order valence-corrected chi connectivity index (χ4v) is 2.92. The zero-order chi connectivity index (χ0) is 12.3. The summed E-state index contributed by atoms with van der Waals surface area (Å²) in [6.07, 6.45) is 6.03. The van der Waals surface area contributed by atoms with Gasteiger partial charge < -0.3 is 4.74 Å². The molecule has 0 aromatic carbocycles. The predicted molar refractivity (Wildman–Crippen MR) is 68.4 cm³/mol. The van der Waals surface area contributed by atoms with Crippen molar-refractivity contribution in [2.75, 3.05) is 7.11 Å². The maximum absolute atomic E-state index is 5.90. The van der Waals surface area contributed by atoms with Crippen LogP contribution in [0.5, 0.6) is 0 Å². The van der Waals surface area contributed by atoms with Gasteiger partial charge in [0.05, 0.1) is 0 Å². The Bertz CT molecular complexity index is 361. The van der Waals surface area contributed by atoms with Crippen molar-refractivity contribution in [1.82, 2.24) is 9.97 Å². The molecule has 2 rings (SSSR count). The fraction of sp³-hybridized carbons (Fsp3) is 0.667. The number of hydrogen-bond acceptors (Lipinski definition) is 3. The van der Waals surface area contributed by atoms with Gasteiger partial charge in [0.15, 0.2) is 5.82 Å². The maximum Gasteiger partial charge on any atom is 0.160 e. The topological polar surface area (TPSA) is 35.0 Å². The van der Waals surface area contributed by atoms with Crippen LogP contribution in [0.1, 0.15) is 44.0 Å². The minimum absolute atomic E-state index is 0.0912. The van der Waals surface area contributed by atoms with Crippen LogP contribution in [0.15, 0.2) is 6.07 Å². The molecule has 3 nitrogen and oxygen atoms in total. The molecule has 1 fully saturated rings. The summed E-state index contributed by atoms with van der Waals surface area (Å²) in [5.74, 6) is 1.08. The van der Waals surface area contributed by atoms with Crippen LogP contribution in [-0.2, 0) is 4.74 Å². The molecule has 0 bridgehead atoms. The van der Waals surface area contributed by atoms with Gasteiger partial charge in [-0.15, -0.1) is 0 Å². The van der Waals surface area contributed by atoms with Crippen molar-refractivity contribution in [2.45, 2.75) is 38.2 Å². The number of methoxy groups -OCH3 is 1. The van der Waals surface area contributed by atoms with Crippen molar-refractivity contribution in [3.63, 3.8) is 0 Å². The van der Waals surface area contributed by atoms with Crippen LogP contribution < -0.4 is 0 Å². The van der Waals surface area contributed by atoms with Gasteiger partial charge >= 0.3 is 0 Å². The van der Waals surface area contributed by atoms with Gasteiger partial charge in [-0.05, 0) is 18.8 Å². The number of ether oxygens (including phenoxy) is 1. The normalized spacial score (nSPS) is 19.2. The maximum atomic E-state index is 5.90. The van der Waals surface area contributed by atoms with E-state index in [9.17, 15) is 0 Å². The molecule has 1 aliphatic rings. The first-order chi connectivity index (χ1) is 8.20. The average Bonchev–Trinajstić information content (AvgIpc) is 2.30. The van der Waals surface area contributed by atoms with Gasteiger partial charge in [-0.25, -0.2) is 9.97 Å². The molecular weight excluding hydrogens is 259 g/mol. The lowest BCUT2D eigenvalue weighted by atomic mass is 9.85. The summed E-state index contributed by atoms with van der Waals surface area (Å²) >= 11 is 11.8. The van der Waals surface area contributed by atoms with Crippen molar-refractivity contribution < 1.29 is 4.74 Å². The first kappa shape index (κ1) is 13.1. The molecule has 1 aromatic heterocycles. The Kier molecular flexibility index (Phi) is 4.60. The highest BCUT2D eigenvalue weighted by Crippen LogP contribution is 2.35. The largest absolute Gasteiger partial charge is 0.373 e. The van der Waals surface area contributed by atoms with Crippen molar-refractivity contribution in [2.24, 2.45) is 5.92 Å². The first-order valence-electron chi connectivity index (χ1n) is 5.93. The zero-order valence-corrected chi connectivity index (χ0v) is 11.3. The third-order valence-electron chi connectivity index (χ3n) is 3.27. The molecule has 1 heterocycles. The highest BCUT2D eigenvalue weighted by Gasteiger charge is 2.27. The lowest BCUT2D eigenvalue weighted by molar-refractivity contribution is 0.0289. The quantitative estimate of drug-likeness (QED) is 0.780. The highest BCUT2D eigenvalue weighted by atomic mass is 35.5. The summed E-state index contributed by atoms with van der Waals surface area (Å²) < 4.78 is 5.54. The van der Waals surface area contributed by atoms with E-state index in [1.807, 2.05) is 0 Å². The lowest BCUT2D eigenvalue weighted by Gasteiger charge is -2.28. The van der Waals surface area contributed by atoms with E-state index in [1.165, 1.54) is 19.3 Å². The molecule has 17 heavy (non-hydrogen) atoms. The first-order valence-corrected chi connectivity index (χ1v) is 6.69. The Morgan fingerprint density at radius 1 is 1.18 bits per heavy atom. The van der Waals surface area contributed by atoms with Crippen LogP contribution in [-0.4, -0.2) is 17.1 Å².